The standard InChI is InChI=1S/C20H27N3O3/c1-13(24)21-18-9-17(10-19(11-18)22-14(2)25)20(26)23-8-7-15-5-3-4-6-16(15)12-23/h9-11,15-16H,3-8,12H2,1-2H3,(H,21,24)(H,22,25)/t15-,16-/m0/s1. The molecule has 6 heteroatoms. The SMILES string of the molecule is CC(=O)Nc1cc(NC(C)=O)cc(C(=O)N2CC[C@@H]3CCCC[C@H]3C2)c1. The van der Waals surface area contributed by atoms with Crippen LogP contribution in [0.3, 0.4) is 0 Å². The Hall–Kier alpha value is -2.37. The van der Waals surface area contributed by atoms with Gasteiger partial charge in [-0.25, -0.2) is 0 Å². The fourth-order valence-corrected chi connectivity index (χ4v) is 4.27. The molecular formula is C20H27N3O3. The number of likely N-dealkylation sites (tertiary alicyclic amines) is 1. The third-order valence-electron chi connectivity index (χ3n) is 5.40. The van der Waals surface area contributed by atoms with Crippen LogP contribution in [0.4, 0.5) is 11.4 Å². The summed E-state index contributed by atoms with van der Waals surface area (Å²) in [7, 11) is 0. The Kier molecular flexibility index (Phi) is 5.59. The van der Waals surface area contributed by atoms with Crippen molar-refractivity contribution >= 4 is 29.1 Å². The molecule has 1 aromatic carbocycles. The maximum atomic E-state index is 13.1. The largest absolute Gasteiger partial charge is 0.338 e. The zero-order valence-electron chi connectivity index (χ0n) is 15.5. The second-order valence-electron chi connectivity index (χ2n) is 7.51. The first-order valence-corrected chi connectivity index (χ1v) is 9.42. The number of carbonyl (C=O) groups excluding carboxylic acids is 3. The van der Waals surface area contributed by atoms with Gasteiger partial charge in [0.15, 0.2) is 0 Å². The smallest absolute Gasteiger partial charge is 0.254 e. The fourth-order valence-electron chi connectivity index (χ4n) is 4.27. The van der Waals surface area contributed by atoms with E-state index in [1.807, 2.05) is 4.90 Å². The van der Waals surface area contributed by atoms with Crippen LogP contribution in [0, 0.1) is 11.8 Å². The van der Waals surface area contributed by atoms with Crippen molar-refractivity contribution in [2.75, 3.05) is 23.7 Å². The van der Waals surface area contributed by atoms with Gasteiger partial charge in [0.2, 0.25) is 11.8 Å². The van der Waals surface area contributed by atoms with E-state index in [0.29, 0.717) is 22.9 Å². The Morgan fingerprint density at radius 1 is 0.885 bits per heavy atom. The number of carbonyl (C=O) groups is 3. The number of fused-ring (bicyclic) bond motifs is 1. The van der Waals surface area contributed by atoms with Crippen molar-refractivity contribution in [2.24, 2.45) is 11.8 Å². The molecular weight excluding hydrogens is 330 g/mol. The van der Waals surface area contributed by atoms with Gasteiger partial charge in [-0.05, 0) is 42.9 Å². The van der Waals surface area contributed by atoms with E-state index >= 15 is 0 Å². The number of amides is 3. The van der Waals surface area contributed by atoms with Crippen LogP contribution >= 0.6 is 0 Å². The minimum atomic E-state index is -0.216. The molecule has 1 aliphatic heterocycles. The third kappa shape index (κ3) is 4.42. The third-order valence-corrected chi connectivity index (χ3v) is 5.40. The van der Waals surface area contributed by atoms with E-state index in [0.717, 1.165) is 25.4 Å². The van der Waals surface area contributed by atoms with Gasteiger partial charge in [-0.3, -0.25) is 14.4 Å². The second kappa shape index (κ2) is 7.89. The number of nitrogens with one attached hydrogen (secondary N) is 2. The van der Waals surface area contributed by atoms with Crippen molar-refractivity contribution in [1.82, 2.24) is 4.90 Å². The minimum Gasteiger partial charge on any atom is -0.338 e. The number of benzene rings is 1. The molecule has 0 spiro atoms. The Labute approximate surface area is 154 Å². The Balaban J connectivity index is 1.80. The molecule has 1 aliphatic carbocycles. The molecule has 26 heavy (non-hydrogen) atoms. The summed E-state index contributed by atoms with van der Waals surface area (Å²) in [5.74, 6) is 0.897. The molecule has 140 valence electrons. The molecule has 2 aliphatic rings. The van der Waals surface area contributed by atoms with Gasteiger partial charge in [0.1, 0.15) is 0 Å². The highest BCUT2D eigenvalue weighted by Crippen LogP contribution is 2.36. The van der Waals surface area contributed by atoms with Gasteiger partial charge in [0.05, 0.1) is 0 Å². The van der Waals surface area contributed by atoms with Crippen LogP contribution in [-0.2, 0) is 9.59 Å². The molecule has 2 atom stereocenters. The van der Waals surface area contributed by atoms with Crippen LogP contribution in [0.25, 0.3) is 0 Å². The van der Waals surface area contributed by atoms with Crippen molar-refractivity contribution in [1.29, 1.82) is 0 Å². The van der Waals surface area contributed by atoms with Gasteiger partial charge in [0.25, 0.3) is 5.91 Å². The zero-order valence-corrected chi connectivity index (χ0v) is 15.5. The first-order chi connectivity index (χ1) is 12.4. The number of rotatable bonds is 3. The number of nitrogens with zero attached hydrogens (tertiary/aromatic N) is 1. The topological polar surface area (TPSA) is 78.5 Å². The molecule has 3 amide bonds. The average Bonchev–Trinajstić information content (AvgIpc) is 2.59. The van der Waals surface area contributed by atoms with Crippen molar-refractivity contribution in [3.05, 3.63) is 23.8 Å². The number of anilines is 2. The Bertz CT molecular complexity index is 682. The van der Waals surface area contributed by atoms with Gasteiger partial charge < -0.3 is 15.5 Å². The monoisotopic (exact) mass is 357 g/mol. The highest BCUT2D eigenvalue weighted by Gasteiger charge is 2.33. The maximum Gasteiger partial charge on any atom is 0.254 e. The zero-order chi connectivity index (χ0) is 18.7. The molecule has 1 aromatic rings. The molecule has 6 nitrogen and oxygen atoms in total. The van der Waals surface area contributed by atoms with Gasteiger partial charge >= 0.3 is 0 Å². The van der Waals surface area contributed by atoms with Gasteiger partial charge in [-0.15, -0.1) is 0 Å². The number of piperidine rings is 1. The summed E-state index contributed by atoms with van der Waals surface area (Å²) in [6, 6.07) is 5.02. The summed E-state index contributed by atoms with van der Waals surface area (Å²) in [5.41, 5.74) is 1.52. The average molecular weight is 357 g/mol. The summed E-state index contributed by atoms with van der Waals surface area (Å²) in [4.78, 5) is 37.8. The number of hydrogen-bond acceptors (Lipinski definition) is 3. The summed E-state index contributed by atoms with van der Waals surface area (Å²) >= 11 is 0. The quantitative estimate of drug-likeness (QED) is 0.871. The van der Waals surface area contributed by atoms with Gasteiger partial charge in [-0.1, -0.05) is 19.3 Å². The number of hydrogen-bond donors (Lipinski definition) is 2. The van der Waals surface area contributed by atoms with E-state index in [1.165, 1.54) is 39.5 Å². The molecule has 2 fully saturated rings. The van der Waals surface area contributed by atoms with Gasteiger partial charge in [0, 0.05) is 43.9 Å². The molecule has 1 heterocycles. The summed E-state index contributed by atoms with van der Waals surface area (Å²) in [5, 5.41) is 5.40. The van der Waals surface area contributed by atoms with Crippen molar-refractivity contribution in [2.45, 2.75) is 46.0 Å². The normalized spacial score (nSPS) is 22.3. The predicted molar refractivity (Wildman–Crippen MR) is 101 cm³/mol. The minimum absolute atomic E-state index is 0.0344. The highest BCUT2D eigenvalue weighted by atomic mass is 16.2. The Morgan fingerprint density at radius 3 is 2.04 bits per heavy atom. The molecule has 1 saturated carbocycles. The molecule has 0 unspecified atom stereocenters. The first kappa shape index (κ1) is 18.4. The Morgan fingerprint density at radius 2 is 1.46 bits per heavy atom. The van der Waals surface area contributed by atoms with E-state index in [2.05, 4.69) is 10.6 Å². The van der Waals surface area contributed by atoms with Crippen molar-refractivity contribution in [3.63, 3.8) is 0 Å². The lowest BCUT2D eigenvalue weighted by molar-refractivity contribution is -0.115. The molecule has 0 bridgehead atoms. The summed E-state index contributed by atoms with van der Waals surface area (Å²) < 4.78 is 0. The van der Waals surface area contributed by atoms with E-state index in [9.17, 15) is 14.4 Å². The highest BCUT2D eigenvalue weighted by molar-refractivity contribution is 6.00. The molecule has 2 N–H and O–H groups in total. The first-order valence-electron chi connectivity index (χ1n) is 9.42. The van der Waals surface area contributed by atoms with E-state index in [4.69, 9.17) is 0 Å². The fraction of sp³-hybridized carbons (Fsp3) is 0.550. The van der Waals surface area contributed by atoms with Crippen LogP contribution < -0.4 is 10.6 Å². The molecule has 3 rings (SSSR count). The van der Waals surface area contributed by atoms with Gasteiger partial charge in [-0.2, -0.15) is 0 Å². The van der Waals surface area contributed by atoms with Crippen molar-refractivity contribution in [3.8, 4) is 0 Å². The van der Waals surface area contributed by atoms with Crippen LogP contribution in [0.1, 0.15) is 56.3 Å². The van der Waals surface area contributed by atoms with E-state index < -0.39 is 0 Å². The lowest BCUT2D eigenvalue weighted by Crippen LogP contribution is -2.44. The summed E-state index contributed by atoms with van der Waals surface area (Å²) in [6.07, 6.45) is 6.14. The van der Waals surface area contributed by atoms with Crippen molar-refractivity contribution < 1.29 is 14.4 Å². The summed E-state index contributed by atoms with van der Waals surface area (Å²) in [6.45, 7) is 4.42. The molecule has 0 radical (unpaired) electrons. The lowest BCUT2D eigenvalue weighted by Gasteiger charge is -2.41. The van der Waals surface area contributed by atoms with E-state index in [1.54, 1.807) is 18.2 Å². The van der Waals surface area contributed by atoms with E-state index in [-0.39, 0.29) is 17.7 Å². The maximum absolute atomic E-state index is 13.1. The van der Waals surface area contributed by atoms with Crippen LogP contribution in [-0.4, -0.2) is 35.7 Å². The second-order valence-corrected chi connectivity index (χ2v) is 7.51. The lowest BCUT2D eigenvalue weighted by atomic mass is 9.75. The van der Waals surface area contributed by atoms with Crippen LogP contribution in [0.5, 0.6) is 0 Å². The molecule has 1 saturated heterocycles. The molecule has 0 aromatic heterocycles. The predicted octanol–water partition coefficient (Wildman–Crippen LogP) is 3.26. The van der Waals surface area contributed by atoms with Crippen LogP contribution in [0.15, 0.2) is 18.2 Å². The van der Waals surface area contributed by atoms with Crippen LogP contribution in [0.2, 0.25) is 0 Å².